The van der Waals surface area contributed by atoms with Gasteiger partial charge in [-0.25, -0.2) is 0 Å². The average Bonchev–Trinajstić information content (AvgIpc) is 3.34. The Hall–Kier alpha value is 0.873. The van der Waals surface area contributed by atoms with Gasteiger partial charge in [-0.1, -0.05) is 0 Å². The van der Waals surface area contributed by atoms with Crippen LogP contribution in [0.5, 0.6) is 0 Å². The fourth-order valence-electron chi connectivity index (χ4n) is 1.33. The van der Waals surface area contributed by atoms with Crippen molar-refractivity contribution in [3.8, 4) is 0 Å². The second-order valence-electron chi connectivity index (χ2n) is 2.71. The SMILES string of the molecule is [C-]#[O+].[C-]#[O+].[C-]#[O+].[C-]#[O+].[C-]#[O+].[C-]#[O+].[CH]1[CH][CH]C([C]2[CH][CH][CH][CH]2)[CH][CH]1.[Cl][Hg].[Mn].[W]. The molecular formula is C17H10ClHgMnO6W. The molecule has 27 heavy (non-hydrogen) atoms. The molecule has 2 aliphatic carbocycles. The molecule has 0 N–H and O–H groups in total. The van der Waals surface area contributed by atoms with Crippen LogP contribution in [-0.4, -0.2) is 0 Å². The van der Waals surface area contributed by atoms with Gasteiger partial charge in [-0.05, 0) is 69.6 Å². The summed E-state index contributed by atoms with van der Waals surface area (Å²) in [6, 6.07) is 0. The van der Waals surface area contributed by atoms with Crippen LogP contribution in [0.15, 0.2) is 0 Å². The Morgan fingerprint density at radius 3 is 1.11 bits per heavy atom. The van der Waals surface area contributed by atoms with Crippen LogP contribution < -0.4 is 0 Å². The maximum absolute atomic E-state index is 7.50. The van der Waals surface area contributed by atoms with Crippen molar-refractivity contribution in [3.05, 3.63) is 104 Å². The summed E-state index contributed by atoms with van der Waals surface area (Å²) in [5.74, 6) is 1.88. The van der Waals surface area contributed by atoms with Crippen molar-refractivity contribution >= 4 is 8.25 Å². The van der Waals surface area contributed by atoms with Crippen LogP contribution in [0.2, 0.25) is 0 Å². The van der Waals surface area contributed by atoms with Gasteiger partial charge in [0.2, 0.25) is 0 Å². The minimum atomic E-state index is 0. The number of hydrogen-bond acceptors (Lipinski definition) is 0. The first-order chi connectivity index (χ1) is 12.5. The van der Waals surface area contributed by atoms with Gasteiger partial charge in [0.1, 0.15) is 0 Å². The van der Waals surface area contributed by atoms with Crippen molar-refractivity contribution < 1.29 is 90.9 Å². The molecule has 2 saturated carbocycles. The van der Waals surface area contributed by atoms with Crippen molar-refractivity contribution in [1.29, 1.82) is 0 Å². The summed E-state index contributed by atoms with van der Waals surface area (Å²) in [6.07, 6.45) is 19.1. The third kappa shape index (κ3) is 42.1. The third-order valence-corrected chi connectivity index (χ3v) is 1.93. The molecule has 0 amide bonds. The summed E-state index contributed by atoms with van der Waals surface area (Å²) in [6.45, 7) is 27.0. The van der Waals surface area contributed by atoms with Crippen LogP contribution in [0.25, 0.3) is 0 Å². The molecule has 2 rings (SSSR count). The Labute approximate surface area is 207 Å². The molecule has 0 aromatic carbocycles. The van der Waals surface area contributed by atoms with Gasteiger partial charge in [-0.3, -0.25) is 0 Å². The molecular weight excluding hydrogens is 775 g/mol. The number of hydrogen-bond donors (Lipinski definition) is 0. The fraction of sp³-hybridized carbons (Fsp3) is 0.0588. The number of halogens is 1. The monoisotopic (exact) mass is 786 g/mol. The average molecular weight is 785 g/mol. The molecule has 0 aromatic rings. The largest absolute Gasteiger partial charge is 0 e. The minimum Gasteiger partial charge on any atom is 0 e. The van der Waals surface area contributed by atoms with E-state index in [0.717, 1.165) is 0 Å². The van der Waals surface area contributed by atoms with E-state index in [2.05, 4.69) is 97.7 Å². The minimum absolute atomic E-state index is 0. The molecule has 0 aromatic heterocycles. The zero-order valence-electron chi connectivity index (χ0n) is 13.6. The molecule has 0 spiro atoms. The predicted molar refractivity (Wildman–Crippen MR) is 74.9 cm³/mol. The van der Waals surface area contributed by atoms with Gasteiger partial charge < -0.3 is 0 Å². The van der Waals surface area contributed by atoms with Gasteiger partial charge in [0.15, 0.2) is 0 Å². The van der Waals surface area contributed by atoms with Crippen molar-refractivity contribution in [3.63, 3.8) is 0 Å². The first kappa shape index (κ1) is 51.0. The topological polar surface area (TPSA) is 119 Å². The van der Waals surface area contributed by atoms with Crippen LogP contribution in [0.4, 0.5) is 0 Å². The van der Waals surface area contributed by atoms with Gasteiger partial charge in [0.05, 0.1) is 0 Å². The first-order valence-corrected chi connectivity index (χ1v) is 12.1. The van der Waals surface area contributed by atoms with E-state index in [0.29, 0.717) is 30.8 Å². The van der Waals surface area contributed by atoms with E-state index in [9.17, 15) is 0 Å². The molecule has 0 unspecified atom stereocenters. The Bertz CT molecular complexity index is 289. The van der Waals surface area contributed by atoms with Crippen molar-refractivity contribution in [2.24, 2.45) is 5.92 Å². The van der Waals surface area contributed by atoms with E-state index in [1.807, 2.05) is 0 Å². The van der Waals surface area contributed by atoms with E-state index < -0.39 is 0 Å². The molecule has 136 valence electrons. The summed E-state index contributed by atoms with van der Waals surface area (Å²) in [7, 11) is 4.83. The second kappa shape index (κ2) is 71.4. The van der Waals surface area contributed by atoms with Crippen LogP contribution in [0.3, 0.4) is 0 Å². The van der Waals surface area contributed by atoms with Crippen molar-refractivity contribution in [2.75, 3.05) is 0 Å². The molecule has 0 bridgehead atoms. The van der Waals surface area contributed by atoms with Crippen LogP contribution in [-0.2, 0) is 90.9 Å². The Balaban J connectivity index is -0.0000000326. The first-order valence-electron chi connectivity index (χ1n) is 5.36. The molecule has 0 saturated heterocycles. The molecule has 10 heteroatoms. The van der Waals surface area contributed by atoms with Gasteiger partial charge >= 0.3 is 101 Å². The van der Waals surface area contributed by atoms with E-state index in [4.69, 9.17) is 36.2 Å². The summed E-state index contributed by atoms with van der Waals surface area (Å²) in [5, 5.41) is 0. The van der Waals surface area contributed by atoms with E-state index >= 15 is 0 Å². The van der Waals surface area contributed by atoms with Crippen molar-refractivity contribution in [2.45, 2.75) is 0 Å². The Kier molecular flexibility index (Phi) is 135. The molecule has 0 aliphatic heterocycles. The molecule has 0 atom stereocenters. The number of rotatable bonds is 1. The Morgan fingerprint density at radius 2 is 0.852 bits per heavy atom. The van der Waals surface area contributed by atoms with Crippen molar-refractivity contribution in [1.82, 2.24) is 0 Å². The van der Waals surface area contributed by atoms with Crippen LogP contribution in [0.1, 0.15) is 0 Å². The van der Waals surface area contributed by atoms with Crippen LogP contribution >= 0.6 is 8.25 Å². The van der Waals surface area contributed by atoms with E-state index in [1.54, 1.807) is 0 Å². The maximum atomic E-state index is 7.50. The van der Waals surface area contributed by atoms with Gasteiger partial charge in [-0.2, -0.15) is 0 Å². The Morgan fingerprint density at radius 1 is 0.593 bits per heavy atom. The molecule has 2 fully saturated rings. The molecule has 0 heterocycles. The second-order valence-corrected chi connectivity index (χ2v) is 2.71. The van der Waals surface area contributed by atoms with Gasteiger partial charge in [0.25, 0.3) is 0 Å². The third-order valence-electron chi connectivity index (χ3n) is 1.93. The van der Waals surface area contributed by atoms with Gasteiger partial charge in [0, 0.05) is 38.1 Å². The summed E-state index contributed by atoms with van der Waals surface area (Å²) < 4.78 is 45.0. The van der Waals surface area contributed by atoms with E-state index in [-0.39, 0.29) is 38.1 Å². The summed E-state index contributed by atoms with van der Waals surface area (Å²) in [4.78, 5) is 0. The quantitative estimate of drug-likeness (QED) is 0.221. The molecule has 11 radical (unpaired) electrons. The zero-order chi connectivity index (χ0) is 21.5. The van der Waals surface area contributed by atoms with Gasteiger partial charge in [-0.15, -0.1) is 0 Å². The zero-order valence-corrected chi connectivity index (χ0v) is 24.0. The fourth-order valence-corrected chi connectivity index (χ4v) is 1.33. The normalized spacial score (nSPS) is 12.7. The smallest absolute Gasteiger partial charge is 0 e. The summed E-state index contributed by atoms with van der Waals surface area (Å²) >= 11 is 0.500. The maximum Gasteiger partial charge on any atom is 0 e. The van der Waals surface area contributed by atoms with Crippen LogP contribution in [0, 0.1) is 110 Å². The predicted octanol–water partition coefficient (Wildman–Crippen LogP) is 2.50. The van der Waals surface area contributed by atoms with E-state index in [1.165, 1.54) is 5.92 Å². The standard InChI is InChI=1S/C11H10.6CO.ClH.Hg.Mn.W/c1-2-6-10(7-3-1)11-8-4-5-9-11;6*1-2;;;;/h1-10H;;;;;;;1H;;;/q;;;;;;;;+1;;/p-1. The molecule has 2 aliphatic rings. The summed E-state index contributed by atoms with van der Waals surface area (Å²) in [5.41, 5.74) is 0. The molecule has 6 nitrogen and oxygen atoms in total.